The molecule has 9 nitrogen and oxygen atoms in total. The predicted octanol–water partition coefficient (Wildman–Crippen LogP) is 4.72. The number of phenols is 1. The Bertz CT molecular complexity index is 1340. The summed E-state index contributed by atoms with van der Waals surface area (Å²) in [6, 6.07) is 7.04. The van der Waals surface area contributed by atoms with Gasteiger partial charge in [-0.25, -0.2) is 4.79 Å². The molecule has 0 radical (unpaired) electrons. The third-order valence-corrected chi connectivity index (χ3v) is 7.60. The van der Waals surface area contributed by atoms with Gasteiger partial charge in [-0.2, -0.15) is 0 Å². The van der Waals surface area contributed by atoms with Crippen LogP contribution in [0, 0.1) is 0 Å². The molecule has 0 unspecified atom stereocenters. The Labute approximate surface area is 229 Å². The summed E-state index contributed by atoms with van der Waals surface area (Å²) in [7, 11) is 7.38. The van der Waals surface area contributed by atoms with Crippen molar-refractivity contribution >= 4 is 27.7 Å². The maximum atomic E-state index is 13.8. The van der Waals surface area contributed by atoms with E-state index in [4.69, 9.17) is 23.7 Å². The second-order valence-electron chi connectivity index (χ2n) is 9.02. The van der Waals surface area contributed by atoms with Gasteiger partial charge >= 0.3 is 5.97 Å². The minimum atomic E-state index is -0.710. The number of carbonyl (C=O) groups is 2. The maximum absolute atomic E-state index is 13.8. The Balaban J connectivity index is 1.85. The van der Waals surface area contributed by atoms with Gasteiger partial charge in [-0.15, -0.1) is 0 Å². The first kappa shape index (κ1) is 27.4. The Morgan fingerprint density at radius 3 is 2.08 bits per heavy atom. The number of carbonyl (C=O) groups excluding carboxylic acids is 2. The second-order valence-corrected chi connectivity index (χ2v) is 9.88. The summed E-state index contributed by atoms with van der Waals surface area (Å²) in [5.74, 6) is 0.100. The topological polar surface area (TPSA) is 113 Å². The Morgan fingerprint density at radius 1 is 0.921 bits per heavy atom. The van der Waals surface area contributed by atoms with Crippen molar-refractivity contribution in [2.75, 3.05) is 35.5 Å². The Kier molecular flexibility index (Phi) is 7.91. The van der Waals surface area contributed by atoms with Crippen molar-refractivity contribution in [1.82, 2.24) is 5.32 Å². The number of halogens is 1. The molecule has 0 saturated carbocycles. The van der Waals surface area contributed by atoms with Crippen molar-refractivity contribution in [3.05, 3.63) is 62.4 Å². The normalized spacial score (nSPS) is 19.0. The highest BCUT2D eigenvalue weighted by Gasteiger charge is 2.42. The van der Waals surface area contributed by atoms with E-state index in [0.717, 1.165) is 11.3 Å². The number of ether oxygens (including phenoxy) is 5. The number of methoxy groups -OCH3 is 5. The monoisotopic (exact) mass is 587 g/mol. The minimum absolute atomic E-state index is 0.0721. The average Bonchev–Trinajstić information content (AvgIpc) is 2.92. The molecular formula is C28H30BrNO8. The van der Waals surface area contributed by atoms with E-state index in [0.29, 0.717) is 50.5 Å². The molecule has 1 aliphatic heterocycles. The van der Waals surface area contributed by atoms with Crippen molar-refractivity contribution in [1.29, 1.82) is 0 Å². The van der Waals surface area contributed by atoms with Gasteiger partial charge < -0.3 is 34.1 Å². The quantitative estimate of drug-likeness (QED) is 0.444. The van der Waals surface area contributed by atoms with Crippen LogP contribution in [0.5, 0.6) is 28.7 Å². The van der Waals surface area contributed by atoms with Gasteiger partial charge in [0.1, 0.15) is 0 Å². The van der Waals surface area contributed by atoms with E-state index in [1.165, 1.54) is 21.3 Å². The number of phenolic OH excluding ortho intramolecular Hbond substituents is 1. The highest BCUT2D eigenvalue weighted by Crippen LogP contribution is 2.49. The van der Waals surface area contributed by atoms with Crippen LogP contribution >= 0.6 is 15.9 Å². The number of benzene rings is 2. The lowest BCUT2D eigenvalue weighted by molar-refractivity contribution is -0.136. The lowest BCUT2D eigenvalue weighted by Crippen LogP contribution is -2.36. The number of dihydropyridines is 1. The third-order valence-electron chi connectivity index (χ3n) is 7.00. The van der Waals surface area contributed by atoms with E-state index in [9.17, 15) is 14.7 Å². The van der Waals surface area contributed by atoms with E-state index in [-0.39, 0.29) is 29.6 Å². The molecule has 202 valence electrons. The molecule has 38 heavy (non-hydrogen) atoms. The molecule has 1 heterocycles. The van der Waals surface area contributed by atoms with Gasteiger partial charge in [0, 0.05) is 29.3 Å². The molecule has 2 N–H and O–H groups in total. The summed E-state index contributed by atoms with van der Waals surface area (Å²) >= 11 is 3.36. The molecule has 2 atom stereocenters. The number of rotatable bonds is 7. The van der Waals surface area contributed by atoms with Gasteiger partial charge in [0.15, 0.2) is 28.8 Å². The maximum Gasteiger partial charge on any atom is 0.336 e. The number of aromatic hydroxyl groups is 1. The largest absolute Gasteiger partial charge is 0.503 e. The summed E-state index contributed by atoms with van der Waals surface area (Å²) in [5.41, 5.74) is 3.59. The van der Waals surface area contributed by atoms with E-state index in [2.05, 4.69) is 21.2 Å². The van der Waals surface area contributed by atoms with Crippen LogP contribution in [0.3, 0.4) is 0 Å². The van der Waals surface area contributed by atoms with Gasteiger partial charge in [-0.05, 0) is 70.6 Å². The van der Waals surface area contributed by atoms with Gasteiger partial charge in [-0.1, -0.05) is 0 Å². The zero-order valence-electron chi connectivity index (χ0n) is 22.1. The molecule has 0 spiro atoms. The zero-order valence-corrected chi connectivity index (χ0v) is 23.6. The predicted molar refractivity (Wildman–Crippen MR) is 143 cm³/mol. The molecule has 0 bridgehead atoms. The van der Waals surface area contributed by atoms with Gasteiger partial charge in [-0.3, -0.25) is 4.79 Å². The van der Waals surface area contributed by atoms with Crippen molar-refractivity contribution in [2.24, 2.45) is 0 Å². The molecule has 0 saturated heterocycles. The summed E-state index contributed by atoms with van der Waals surface area (Å²) in [6.45, 7) is 1.78. The van der Waals surface area contributed by atoms with E-state index < -0.39 is 11.9 Å². The SMILES string of the molecule is COC(=O)C1=C(C)NC2=C(C(=O)C[C@@H](c3cc(OC)c(OC)c(OC)c3)C2)[C@@H]1c1cc(Br)c(O)c(OC)c1. The number of hydrogen-bond acceptors (Lipinski definition) is 9. The van der Waals surface area contributed by atoms with Crippen molar-refractivity contribution in [2.45, 2.75) is 31.6 Å². The zero-order chi connectivity index (χ0) is 27.7. The highest BCUT2D eigenvalue weighted by molar-refractivity contribution is 9.10. The fourth-order valence-electron chi connectivity index (χ4n) is 5.24. The Morgan fingerprint density at radius 2 is 1.53 bits per heavy atom. The first-order valence-corrected chi connectivity index (χ1v) is 12.7. The van der Waals surface area contributed by atoms with Crippen LogP contribution in [0.2, 0.25) is 0 Å². The fourth-order valence-corrected chi connectivity index (χ4v) is 5.70. The number of ketones is 1. The molecule has 4 rings (SSSR count). The van der Waals surface area contributed by atoms with Crippen LogP contribution in [0.25, 0.3) is 0 Å². The summed E-state index contributed by atoms with van der Waals surface area (Å²) in [6.07, 6.45) is 0.720. The molecule has 10 heteroatoms. The first-order valence-electron chi connectivity index (χ1n) is 11.9. The van der Waals surface area contributed by atoms with Gasteiger partial charge in [0.05, 0.1) is 45.6 Å². The van der Waals surface area contributed by atoms with E-state index in [1.807, 2.05) is 12.1 Å². The number of hydrogen-bond donors (Lipinski definition) is 2. The van der Waals surface area contributed by atoms with E-state index >= 15 is 0 Å². The third kappa shape index (κ3) is 4.69. The number of nitrogens with one attached hydrogen (secondary N) is 1. The molecule has 0 aromatic heterocycles. The minimum Gasteiger partial charge on any atom is -0.503 e. The van der Waals surface area contributed by atoms with Crippen molar-refractivity contribution in [3.8, 4) is 28.7 Å². The molecule has 2 aromatic rings. The van der Waals surface area contributed by atoms with Crippen LogP contribution in [0.4, 0.5) is 0 Å². The summed E-state index contributed by atoms with van der Waals surface area (Å²) in [4.78, 5) is 26.8. The first-order chi connectivity index (χ1) is 18.2. The Hall–Kier alpha value is -3.66. The average molecular weight is 588 g/mol. The number of esters is 1. The summed E-state index contributed by atoms with van der Waals surface area (Å²) in [5, 5.41) is 13.7. The van der Waals surface area contributed by atoms with E-state index in [1.54, 1.807) is 33.3 Å². The van der Waals surface area contributed by atoms with Crippen LogP contribution < -0.4 is 24.3 Å². The fraction of sp³-hybridized carbons (Fsp3) is 0.357. The molecule has 2 aliphatic rings. The number of allylic oxidation sites excluding steroid dienone is 3. The highest BCUT2D eigenvalue weighted by atomic mass is 79.9. The lowest BCUT2D eigenvalue weighted by Gasteiger charge is -2.37. The van der Waals surface area contributed by atoms with Crippen LogP contribution in [0.15, 0.2) is 51.3 Å². The van der Waals surface area contributed by atoms with Crippen LogP contribution in [-0.4, -0.2) is 52.4 Å². The van der Waals surface area contributed by atoms with Crippen LogP contribution in [0.1, 0.15) is 42.7 Å². The van der Waals surface area contributed by atoms with Crippen molar-refractivity contribution in [3.63, 3.8) is 0 Å². The molecule has 2 aromatic carbocycles. The second kappa shape index (κ2) is 11.0. The van der Waals surface area contributed by atoms with Gasteiger partial charge in [0.2, 0.25) is 5.75 Å². The van der Waals surface area contributed by atoms with Crippen molar-refractivity contribution < 1.29 is 38.4 Å². The molecule has 0 fully saturated rings. The molecule has 1 aliphatic carbocycles. The number of Topliss-reactive ketones (excluding diaryl/α,β-unsaturated/α-hetero) is 1. The van der Waals surface area contributed by atoms with Gasteiger partial charge in [0.25, 0.3) is 0 Å². The molecular weight excluding hydrogens is 558 g/mol. The molecule has 0 amide bonds. The lowest BCUT2D eigenvalue weighted by atomic mass is 9.71. The smallest absolute Gasteiger partial charge is 0.336 e. The van der Waals surface area contributed by atoms with Crippen LogP contribution in [-0.2, 0) is 14.3 Å². The summed E-state index contributed by atoms with van der Waals surface area (Å²) < 4.78 is 27.3. The standard InChI is InChI=1S/C28H30BrNO8/c1-13-23(28(33)38-6)24(16-7-17(29)26(32)20(12-16)34-2)25-18(30-13)8-14(9-19(25)31)15-10-21(35-3)27(37-5)22(11-15)36-4/h7,10-12,14,24,30,32H,8-9H2,1-6H3/t14-,24+/m0/s1.